The molecule has 0 saturated heterocycles. The van der Waals surface area contributed by atoms with Crippen molar-refractivity contribution in [2.75, 3.05) is 26.8 Å². The predicted octanol–water partition coefficient (Wildman–Crippen LogP) is 2.86. The zero-order valence-corrected chi connectivity index (χ0v) is 11.6. The van der Waals surface area contributed by atoms with Gasteiger partial charge in [0.05, 0.1) is 6.61 Å². The van der Waals surface area contributed by atoms with Gasteiger partial charge in [-0.25, -0.2) is 0 Å². The highest BCUT2D eigenvalue weighted by Gasteiger charge is 2.08. The Balaban J connectivity index is 2.49. The van der Waals surface area contributed by atoms with E-state index in [-0.39, 0.29) is 0 Å². The molecule has 0 saturated carbocycles. The van der Waals surface area contributed by atoms with E-state index in [0.717, 1.165) is 30.7 Å². The quantitative estimate of drug-likeness (QED) is 0.832. The molecule has 1 aromatic rings. The molecule has 0 aliphatic carbocycles. The summed E-state index contributed by atoms with van der Waals surface area (Å²) in [4.78, 5) is 0. The average Bonchev–Trinajstić information content (AvgIpc) is 2.29. The first-order valence-corrected chi connectivity index (χ1v) is 6.52. The molecule has 0 radical (unpaired) electrons. The summed E-state index contributed by atoms with van der Waals surface area (Å²) in [5, 5.41) is 3.22. The lowest BCUT2D eigenvalue weighted by molar-refractivity contribution is 0.110. The van der Waals surface area contributed by atoms with E-state index >= 15 is 0 Å². The fourth-order valence-corrected chi connectivity index (χ4v) is 1.98. The van der Waals surface area contributed by atoms with Crippen molar-refractivity contribution in [3.63, 3.8) is 0 Å². The number of nitrogens with one attached hydrogen (secondary N) is 1. The van der Waals surface area contributed by atoms with E-state index in [1.165, 1.54) is 5.56 Å². The monoisotopic (exact) mass is 285 g/mol. The molecule has 0 aliphatic rings. The highest BCUT2D eigenvalue weighted by atomic mass is 79.9. The predicted molar refractivity (Wildman–Crippen MR) is 71.8 cm³/mol. The van der Waals surface area contributed by atoms with Gasteiger partial charge >= 0.3 is 0 Å². The summed E-state index contributed by atoms with van der Waals surface area (Å²) in [7, 11) is 1.99. The highest BCUT2D eigenvalue weighted by molar-refractivity contribution is 9.10. The Bertz CT molecular complexity index is 286. The maximum absolute atomic E-state index is 5.49. The molecule has 0 bridgehead atoms. The van der Waals surface area contributed by atoms with Gasteiger partial charge in [-0.15, -0.1) is 0 Å². The Morgan fingerprint density at radius 2 is 2.00 bits per heavy atom. The van der Waals surface area contributed by atoms with E-state index < -0.39 is 0 Å². The van der Waals surface area contributed by atoms with E-state index in [9.17, 15) is 0 Å². The van der Waals surface area contributed by atoms with Gasteiger partial charge in [-0.3, -0.25) is 0 Å². The number of benzene rings is 1. The van der Waals surface area contributed by atoms with Crippen LogP contribution in [0.25, 0.3) is 0 Å². The Morgan fingerprint density at radius 1 is 1.31 bits per heavy atom. The summed E-state index contributed by atoms with van der Waals surface area (Å²) in [5.41, 5.74) is 1.36. The lowest BCUT2D eigenvalue weighted by atomic mass is 10.0. The molecular formula is C13H20BrNO. The van der Waals surface area contributed by atoms with Gasteiger partial charge in [0.1, 0.15) is 0 Å². The van der Waals surface area contributed by atoms with Crippen LogP contribution in [0.4, 0.5) is 0 Å². The summed E-state index contributed by atoms with van der Waals surface area (Å²) < 4.78 is 6.63. The first-order valence-electron chi connectivity index (χ1n) is 5.73. The van der Waals surface area contributed by atoms with Crippen LogP contribution < -0.4 is 5.32 Å². The van der Waals surface area contributed by atoms with E-state index in [1.807, 2.05) is 14.0 Å². The third-order valence-electron chi connectivity index (χ3n) is 2.49. The fourth-order valence-electron chi connectivity index (χ4n) is 1.72. The maximum atomic E-state index is 5.49. The lowest BCUT2D eigenvalue weighted by Gasteiger charge is -2.16. The molecule has 1 N–H and O–H groups in total. The SMILES string of the molecule is CCOCC(CNC)Cc1ccc(Br)cc1. The topological polar surface area (TPSA) is 21.3 Å². The molecule has 16 heavy (non-hydrogen) atoms. The second-order valence-corrected chi connectivity index (χ2v) is 4.83. The highest BCUT2D eigenvalue weighted by Crippen LogP contribution is 2.14. The fraction of sp³-hybridized carbons (Fsp3) is 0.538. The van der Waals surface area contributed by atoms with Gasteiger partial charge in [-0.1, -0.05) is 28.1 Å². The molecule has 1 aromatic carbocycles. The van der Waals surface area contributed by atoms with Gasteiger partial charge in [0.15, 0.2) is 0 Å². The molecule has 0 fully saturated rings. The van der Waals surface area contributed by atoms with Crippen molar-refractivity contribution in [1.29, 1.82) is 0 Å². The van der Waals surface area contributed by atoms with Gasteiger partial charge in [0.2, 0.25) is 0 Å². The standard InChI is InChI=1S/C13H20BrNO/c1-3-16-10-12(9-15-2)8-11-4-6-13(14)7-5-11/h4-7,12,15H,3,8-10H2,1-2H3. The molecule has 90 valence electrons. The molecular weight excluding hydrogens is 266 g/mol. The Hall–Kier alpha value is -0.380. The second kappa shape index (κ2) is 7.82. The van der Waals surface area contributed by atoms with Crippen molar-refractivity contribution in [2.45, 2.75) is 13.3 Å². The number of ether oxygens (including phenoxy) is 1. The smallest absolute Gasteiger partial charge is 0.0509 e. The normalized spacial score (nSPS) is 12.7. The maximum Gasteiger partial charge on any atom is 0.0509 e. The lowest BCUT2D eigenvalue weighted by Crippen LogP contribution is -2.25. The number of rotatable bonds is 7. The molecule has 0 spiro atoms. The van der Waals surface area contributed by atoms with Crippen LogP contribution in [0.3, 0.4) is 0 Å². The third-order valence-corrected chi connectivity index (χ3v) is 3.02. The van der Waals surface area contributed by atoms with Crippen LogP contribution in [0.1, 0.15) is 12.5 Å². The summed E-state index contributed by atoms with van der Waals surface area (Å²) in [6, 6.07) is 8.51. The van der Waals surface area contributed by atoms with Gasteiger partial charge in [-0.2, -0.15) is 0 Å². The van der Waals surface area contributed by atoms with Crippen LogP contribution in [0, 0.1) is 5.92 Å². The minimum atomic E-state index is 0.547. The molecule has 2 nitrogen and oxygen atoms in total. The van der Waals surface area contributed by atoms with Crippen molar-refractivity contribution in [3.8, 4) is 0 Å². The molecule has 0 aromatic heterocycles. The first kappa shape index (κ1) is 13.7. The zero-order valence-electron chi connectivity index (χ0n) is 10.0. The largest absolute Gasteiger partial charge is 0.381 e. The van der Waals surface area contributed by atoms with Gasteiger partial charge < -0.3 is 10.1 Å². The van der Waals surface area contributed by atoms with Crippen molar-refractivity contribution in [3.05, 3.63) is 34.3 Å². The first-order chi connectivity index (χ1) is 7.76. The van der Waals surface area contributed by atoms with Crippen molar-refractivity contribution in [1.82, 2.24) is 5.32 Å². The van der Waals surface area contributed by atoms with Crippen LogP contribution in [-0.4, -0.2) is 26.8 Å². The van der Waals surface area contributed by atoms with Crippen molar-refractivity contribution >= 4 is 15.9 Å². The molecule has 0 heterocycles. The number of hydrogen-bond donors (Lipinski definition) is 1. The van der Waals surface area contributed by atoms with E-state index in [0.29, 0.717) is 5.92 Å². The van der Waals surface area contributed by atoms with Crippen LogP contribution in [0.5, 0.6) is 0 Å². The summed E-state index contributed by atoms with van der Waals surface area (Å²) in [6.45, 7) is 4.65. The number of halogens is 1. The van der Waals surface area contributed by atoms with Crippen LogP contribution >= 0.6 is 15.9 Å². The minimum absolute atomic E-state index is 0.547. The molecule has 1 unspecified atom stereocenters. The van der Waals surface area contributed by atoms with E-state index in [1.54, 1.807) is 0 Å². The molecule has 1 atom stereocenters. The summed E-state index contributed by atoms with van der Waals surface area (Å²) in [6.07, 6.45) is 1.06. The molecule has 3 heteroatoms. The van der Waals surface area contributed by atoms with Crippen LogP contribution in [0.2, 0.25) is 0 Å². The van der Waals surface area contributed by atoms with E-state index in [2.05, 4.69) is 45.5 Å². The minimum Gasteiger partial charge on any atom is -0.381 e. The average molecular weight is 286 g/mol. The van der Waals surface area contributed by atoms with Crippen molar-refractivity contribution in [2.24, 2.45) is 5.92 Å². The third kappa shape index (κ3) is 5.10. The molecule has 0 amide bonds. The Kier molecular flexibility index (Phi) is 6.69. The second-order valence-electron chi connectivity index (χ2n) is 3.91. The molecule has 1 rings (SSSR count). The Labute approximate surface area is 107 Å². The number of hydrogen-bond acceptors (Lipinski definition) is 2. The summed E-state index contributed by atoms with van der Waals surface area (Å²) >= 11 is 3.45. The van der Waals surface area contributed by atoms with Crippen molar-refractivity contribution < 1.29 is 4.74 Å². The van der Waals surface area contributed by atoms with Gasteiger partial charge in [-0.05, 0) is 44.0 Å². The van der Waals surface area contributed by atoms with Crippen LogP contribution in [-0.2, 0) is 11.2 Å². The van der Waals surface area contributed by atoms with E-state index in [4.69, 9.17) is 4.74 Å². The Morgan fingerprint density at radius 3 is 2.56 bits per heavy atom. The van der Waals surface area contributed by atoms with Crippen LogP contribution in [0.15, 0.2) is 28.7 Å². The van der Waals surface area contributed by atoms with Gasteiger partial charge in [0, 0.05) is 17.6 Å². The zero-order chi connectivity index (χ0) is 11.8. The molecule has 0 aliphatic heterocycles. The summed E-state index contributed by atoms with van der Waals surface area (Å²) in [5.74, 6) is 0.547. The van der Waals surface area contributed by atoms with Gasteiger partial charge in [0.25, 0.3) is 0 Å².